The maximum absolute atomic E-state index is 14.2. The minimum Gasteiger partial charge on any atom is -0.464 e. The molecule has 1 heterocycles. The van der Waals surface area contributed by atoms with Crippen LogP contribution in [0.5, 0.6) is 0 Å². The zero-order valence-electron chi connectivity index (χ0n) is 19.7. The molecule has 0 saturated carbocycles. The van der Waals surface area contributed by atoms with E-state index in [9.17, 15) is 9.59 Å². The van der Waals surface area contributed by atoms with Crippen molar-refractivity contribution >= 4 is 11.9 Å². The predicted octanol–water partition coefficient (Wildman–Crippen LogP) is 4.98. The maximum Gasteiger partial charge on any atom is 0.328 e. The molecule has 1 amide bonds. The van der Waals surface area contributed by atoms with Crippen molar-refractivity contribution in [1.29, 1.82) is 0 Å². The van der Waals surface area contributed by atoms with E-state index in [2.05, 4.69) is 29.2 Å². The number of esters is 1. The molecule has 1 aliphatic rings. The number of hydrogen-bond donors (Lipinski definition) is 0. The normalized spacial score (nSPS) is 16.4. The van der Waals surface area contributed by atoms with Gasteiger partial charge in [-0.2, -0.15) is 0 Å². The van der Waals surface area contributed by atoms with Gasteiger partial charge in [0, 0.05) is 19.6 Å². The van der Waals surface area contributed by atoms with E-state index in [1.54, 1.807) is 11.8 Å². The highest BCUT2D eigenvalue weighted by Crippen LogP contribution is 2.31. The van der Waals surface area contributed by atoms with E-state index in [0.717, 1.165) is 23.1 Å². The van der Waals surface area contributed by atoms with Crippen LogP contribution in [-0.2, 0) is 27.4 Å². The molecule has 34 heavy (non-hydrogen) atoms. The van der Waals surface area contributed by atoms with Gasteiger partial charge < -0.3 is 9.64 Å². The zero-order chi connectivity index (χ0) is 23.8. The van der Waals surface area contributed by atoms with Crippen molar-refractivity contribution in [2.24, 2.45) is 0 Å². The standard InChI is InChI=1S/C29H32N2O3/c1-2-34-29(33)26-19-12-20-31(26)28(32)27(25-17-10-5-11-18-25)30(21-23-13-6-3-7-14-23)22-24-15-8-4-9-16-24/h3-11,13-18,26-27H,2,12,19-22H2,1H3/t26-,27+/m0/s1. The van der Waals surface area contributed by atoms with Crippen LogP contribution in [0, 0.1) is 0 Å². The third kappa shape index (κ3) is 5.72. The number of nitrogens with zero attached hydrogens (tertiary/aromatic N) is 2. The Morgan fingerprint density at radius 1 is 0.882 bits per heavy atom. The highest BCUT2D eigenvalue weighted by molar-refractivity contribution is 5.89. The molecule has 5 nitrogen and oxygen atoms in total. The number of amides is 1. The number of ether oxygens (including phenoxy) is 1. The second-order valence-corrected chi connectivity index (χ2v) is 8.63. The fraction of sp³-hybridized carbons (Fsp3) is 0.310. The van der Waals surface area contributed by atoms with Gasteiger partial charge in [-0.25, -0.2) is 4.79 Å². The van der Waals surface area contributed by atoms with E-state index in [1.807, 2.05) is 66.7 Å². The van der Waals surface area contributed by atoms with Crippen molar-refractivity contribution in [3.8, 4) is 0 Å². The average molecular weight is 457 g/mol. The van der Waals surface area contributed by atoms with E-state index in [1.165, 1.54) is 0 Å². The molecule has 1 aliphatic heterocycles. The van der Waals surface area contributed by atoms with Crippen LogP contribution in [0.25, 0.3) is 0 Å². The van der Waals surface area contributed by atoms with Crippen molar-refractivity contribution in [3.63, 3.8) is 0 Å². The zero-order valence-corrected chi connectivity index (χ0v) is 19.7. The van der Waals surface area contributed by atoms with Gasteiger partial charge in [-0.3, -0.25) is 9.69 Å². The minimum absolute atomic E-state index is 0.0476. The first-order valence-electron chi connectivity index (χ1n) is 12.0. The first-order chi connectivity index (χ1) is 16.7. The first-order valence-corrected chi connectivity index (χ1v) is 12.0. The van der Waals surface area contributed by atoms with Crippen LogP contribution in [0.15, 0.2) is 91.0 Å². The summed E-state index contributed by atoms with van der Waals surface area (Å²) in [5.74, 6) is -0.355. The molecule has 1 saturated heterocycles. The Balaban J connectivity index is 1.71. The Morgan fingerprint density at radius 3 is 1.94 bits per heavy atom. The van der Waals surface area contributed by atoms with Crippen molar-refractivity contribution in [2.75, 3.05) is 13.2 Å². The molecule has 5 heteroatoms. The van der Waals surface area contributed by atoms with Gasteiger partial charge >= 0.3 is 5.97 Å². The van der Waals surface area contributed by atoms with Gasteiger partial charge in [0.15, 0.2) is 0 Å². The number of rotatable bonds is 9. The molecular formula is C29H32N2O3. The summed E-state index contributed by atoms with van der Waals surface area (Å²) >= 11 is 0. The number of likely N-dealkylation sites (tertiary alicyclic amines) is 1. The second-order valence-electron chi connectivity index (χ2n) is 8.63. The van der Waals surface area contributed by atoms with Crippen molar-refractivity contribution < 1.29 is 14.3 Å². The number of hydrogen-bond acceptors (Lipinski definition) is 4. The Kier molecular flexibility index (Phi) is 8.10. The average Bonchev–Trinajstić information content (AvgIpc) is 3.37. The van der Waals surface area contributed by atoms with Gasteiger partial charge in [0.25, 0.3) is 0 Å². The third-order valence-corrected chi connectivity index (χ3v) is 6.27. The van der Waals surface area contributed by atoms with Crippen LogP contribution >= 0.6 is 0 Å². The molecule has 176 valence electrons. The molecule has 0 bridgehead atoms. The van der Waals surface area contributed by atoms with E-state index < -0.39 is 12.1 Å². The molecular weight excluding hydrogens is 424 g/mol. The molecule has 0 aromatic heterocycles. The lowest BCUT2D eigenvalue weighted by molar-refractivity contribution is -0.155. The number of carbonyl (C=O) groups excluding carboxylic acids is 2. The van der Waals surface area contributed by atoms with Crippen molar-refractivity contribution in [2.45, 2.75) is 44.9 Å². The quantitative estimate of drug-likeness (QED) is 0.426. The summed E-state index contributed by atoms with van der Waals surface area (Å²) < 4.78 is 5.30. The summed E-state index contributed by atoms with van der Waals surface area (Å²) in [5.41, 5.74) is 3.19. The minimum atomic E-state index is -0.519. The van der Waals surface area contributed by atoms with Crippen LogP contribution in [0.2, 0.25) is 0 Å². The Labute approximate surface area is 202 Å². The number of carbonyl (C=O) groups is 2. The molecule has 3 aromatic carbocycles. The highest BCUT2D eigenvalue weighted by atomic mass is 16.5. The molecule has 0 aliphatic carbocycles. The van der Waals surface area contributed by atoms with Gasteiger partial charge in [0.1, 0.15) is 12.1 Å². The molecule has 0 N–H and O–H groups in total. The largest absolute Gasteiger partial charge is 0.464 e. The van der Waals surface area contributed by atoms with Crippen LogP contribution in [0.3, 0.4) is 0 Å². The summed E-state index contributed by atoms with van der Waals surface area (Å²) in [7, 11) is 0. The monoisotopic (exact) mass is 456 g/mol. The Morgan fingerprint density at radius 2 is 1.41 bits per heavy atom. The third-order valence-electron chi connectivity index (χ3n) is 6.27. The van der Waals surface area contributed by atoms with Gasteiger partial charge in [-0.05, 0) is 36.5 Å². The lowest BCUT2D eigenvalue weighted by atomic mass is 10.0. The SMILES string of the molecule is CCOC(=O)[C@@H]1CCCN1C(=O)[C@@H](c1ccccc1)N(Cc1ccccc1)Cc1ccccc1. The van der Waals surface area contributed by atoms with Crippen molar-refractivity contribution in [3.05, 3.63) is 108 Å². The van der Waals surface area contributed by atoms with Crippen LogP contribution in [0.4, 0.5) is 0 Å². The summed E-state index contributed by atoms with van der Waals surface area (Å²) in [6, 6.07) is 29.3. The fourth-order valence-electron chi connectivity index (χ4n) is 4.69. The molecule has 3 aromatic rings. The summed E-state index contributed by atoms with van der Waals surface area (Å²) in [5, 5.41) is 0. The molecule has 4 rings (SSSR count). The topological polar surface area (TPSA) is 49.9 Å². The first kappa shape index (κ1) is 23.7. The van der Waals surface area contributed by atoms with Crippen LogP contribution < -0.4 is 0 Å². The van der Waals surface area contributed by atoms with E-state index in [0.29, 0.717) is 32.7 Å². The lowest BCUT2D eigenvalue weighted by Gasteiger charge is -2.35. The molecule has 2 atom stereocenters. The Hall–Kier alpha value is -3.44. The summed E-state index contributed by atoms with van der Waals surface area (Å²) in [4.78, 5) is 30.8. The van der Waals surface area contributed by atoms with Crippen molar-refractivity contribution in [1.82, 2.24) is 9.80 Å². The van der Waals surface area contributed by atoms with Gasteiger partial charge in [0.05, 0.1) is 6.61 Å². The summed E-state index contributed by atoms with van der Waals surface area (Å²) in [6.07, 6.45) is 1.44. The van der Waals surface area contributed by atoms with Gasteiger partial charge in [-0.15, -0.1) is 0 Å². The fourth-order valence-corrected chi connectivity index (χ4v) is 4.69. The van der Waals surface area contributed by atoms with E-state index in [-0.39, 0.29) is 11.9 Å². The van der Waals surface area contributed by atoms with Crippen LogP contribution in [0.1, 0.15) is 42.5 Å². The van der Waals surface area contributed by atoms with Gasteiger partial charge in [0.2, 0.25) is 5.91 Å². The number of benzene rings is 3. The molecule has 0 spiro atoms. The highest BCUT2D eigenvalue weighted by Gasteiger charge is 2.40. The summed E-state index contributed by atoms with van der Waals surface area (Å²) in [6.45, 7) is 3.90. The lowest BCUT2D eigenvalue weighted by Crippen LogP contribution is -2.47. The van der Waals surface area contributed by atoms with E-state index in [4.69, 9.17) is 4.74 Å². The Bertz CT molecular complexity index is 1020. The maximum atomic E-state index is 14.2. The van der Waals surface area contributed by atoms with Crippen LogP contribution in [-0.4, -0.2) is 40.9 Å². The second kappa shape index (κ2) is 11.6. The molecule has 0 unspecified atom stereocenters. The smallest absolute Gasteiger partial charge is 0.328 e. The van der Waals surface area contributed by atoms with Gasteiger partial charge in [-0.1, -0.05) is 91.0 Å². The molecule has 0 radical (unpaired) electrons. The molecule has 1 fully saturated rings. The predicted molar refractivity (Wildman–Crippen MR) is 133 cm³/mol. The van der Waals surface area contributed by atoms with E-state index >= 15 is 0 Å².